The maximum Gasteiger partial charge on any atom is 0.233 e. The Labute approximate surface area is 158 Å². The molecule has 0 radical (unpaired) electrons. The molecule has 1 fully saturated rings. The summed E-state index contributed by atoms with van der Waals surface area (Å²) < 4.78 is 7.22. The fraction of sp³-hybridized carbons (Fsp3) is 0.500. The number of nitrogens with zero attached hydrogens (tertiary/aromatic N) is 4. The van der Waals surface area contributed by atoms with Gasteiger partial charge in [0.05, 0.1) is 25.5 Å². The second-order valence-corrected chi connectivity index (χ2v) is 7.30. The van der Waals surface area contributed by atoms with Gasteiger partial charge in [-0.05, 0) is 25.0 Å². The molecule has 0 unspecified atom stereocenters. The Kier molecular flexibility index (Phi) is 6.16. The van der Waals surface area contributed by atoms with Crippen molar-refractivity contribution in [2.45, 2.75) is 25.5 Å². The van der Waals surface area contributed by atoms with E-state index in [1.165, 1.54) is 22.9 Å². The summed E-state index contributed by atoms with van der Waals surface area (Å²) in [4.78, 5) is 14.1. The van der Waals surface area contributed by atoms with Gasteiger partial charge in [-0.3, -0.25) is 4.79 Å². The van der Waals surface area contributed by atoms with E-state index in [0.717, 1.165) is 16.7 Å². The molecule has 3 rings (SSSR count). The van der Waals surface area contributed by atoms with Gasteiger partial charge in [0.15, 0.2) is 11.0 Å². The average molecular weight is 375 g/mol. The van der Waals surface area contributed by atoms with Gasteiger partial charge >= 0.3 is 0 Å². The zero-order chi connectivity index (χ0) is 18.5. The van der Waals surface area contributed by atoms with Crippen LogP contribution >= 0.6 is 11.8 Å². The molecule has 1 aromatic heterocycles. The Morgan fingerprint density at radius 2 is 1.92 bits per heavy atom. The molecule has 1 aliphatic heterocycles. The van der Waals surface area contributed by atoms with Gasteiger partial charge in [-0.15, -0.1) is 10.2 Å². The van der Waals surface area contributed by atoms with E-state index < -0.39 is 0 Å². The predicted molar refractivity (Wildman–Crippen MR) is 102 cm³/mol. The molecule has 7 nitrogen and oxygen atoms in total. The molecule has 26 heavy (non-hydrogen) atoms. The number of hydrogen-bond donors (Lipinski definition) is 1. The molecule has 2 heterocycles. The van der Waals surface area contributed by atoms with Crippen LogP contribution in [0.3, 0.4) is 0 Å². The van der Waals surface area contributed by atoms with Gasteiger partial charge in [-0.2, -0.15) is 0 Å². The topological polar surface area (TPSA) is 72.3 Å². The standard InChI is InChI=1S/C18H25N5O2S/c1-13-5-4-6-14(2)17(13)19-11-15-20-21-18(22(15)3)26-12-16(24)23-7-9-25-10-8-23/h4-6,19H,7-12H2,1-3H3. The van der Waals surface area contributed by atoms with Crippen molar-refractivity contribution in [2.75, 3.05) is 37.4 Å². The van der Waals surface area contributed by atoms with Crippen LogP contribution in [0, 0.1) is 13.8 Å². The Morgan fingerprint density at radius 1 is 1.23 bits per heavy atom. The third-order valence-electron chi connectivity index (χ3n) is 4.52. The molecular formula is C18H25N5O2S. The highest BCUT2D eigenvalue weighted by Gasteiger charge is 2.18. The minimum absolute atomic E-state index is 0.122. The number of ether oxygens (including phenoxy) is 1. The Balaban J connectivity index is 1.56. The molecule has 0 atom stereocenters. The smallest absolute Gasteiger partial charge is 0.233 e. The number of anilines is 1. The van der Waals surface area contributed by atoms with E-state index in [1.807, 2.05) is 16.5 Å². The number of carbonyl (C=O) groups is 1. The summed E-state index contributed by atoms with van der Waals surface area (Å²) in [6.45, 7) is 7.34. The highest BCUT2D eigenvalue weighted by atomic mass is 32.2. The molecule has 0 aliphatic carbocycles. The third kappa shape index (κ3) is 4.37. The molecule has 8 heteroatoms. The van der Waals surface area contributed by atoms with Crippen LogP contribution in [0.4, 0.5) is 5.69 Å². The molecule has 140 valence electrons. The number of thioether (sulfide) groups is 1. The monoisotopic (exact) mass is 375 g/mol. The fourth-order valence-electron chi connectivity index (χ4n) is 2.92. The summed E-state index contributed by atoms with van der Waals surface area (Å²) >= 11 is 1.43. The fourth-order valence-corrected chi connectivity index (χ4v) is 3.75. The summed E-state index contributed by atoms with van der Waals surface area (Å²) in [5, 5.41) is 12.7. The molecule has 1 N–H and O–H groups in total. The van der Waals surface area contributed by atoms with E-state index in [0.29, 0.717) is 38.6 Å². The normalized spacial score (nSPS) is 14.5. The summed E-state index contributed by atoms with van der Waals surface area (Å²) in [6.07, 6.45) is 0. The highest BCUT2D eigenvalue weighted by Crippen LogP contribution is 2.21. The van der Waals surface area contributed by atoms with Crippen LogP contribution in [-0.2, 0) is 23.1 Å². The second kappa shape index (κ2) is 8.55. The van der Waals surface area contributed by atoms with Crippen molar-refractivity contribution < 1.29 is 9.53 Å². The lowest BCUT2D eigenvalue weighted by atomic mass is 10.1. The minimum atomic E-state index is 0.122. The molecule has 1 saturated heterocycles. The van der Waals surface area contributed by atoms with Crippen LogP contribution in [0.1, 0.15) is 17.0 Å². The van der Waals surface area contributed by atoms with Crippen molar-refractivity contribution in [3.8, 4) is 0 Å². The van der Waals surface area contributed by atoms with Crippen LogP contribution in [0.15, 0.2) is 23.4 Å². The SMILES string of the molecule is Cc1cccc(C)c1NCc1nnc(SCC(=O)N2CCOCC2)n1C. The summed E-state index contributed by atoms with van der Waals surface area (Å²) in [7, 11) is 1.93. The lowest BCUT2D eigenvalue weighted by molar-refractivity contribution is -0.132. The zero-order valence-electron chi connectivity index (χ0n) is 15.5. The third-order valence-corrected chi connectivity index (χ3v) is 5.52. The number of benzene rings is 1. The molecule has 0 bridgehead atoms. The van der Waals surface area contributed by atoms with Gasteiger partial charge in [-0.1, -0.05) is 30.0 Å². The Hall–Kier alpha value is -2.06. The van der Waals surface area contributed by atoms with E-state index in [4.69, 9.17) is 4.74 Å². The number of carbonyl (C=O) groups excluding carboxylic acids is 1. The van der Waals surface area contributed by atoms with Crippen molar-refractivity contribution in [3.63, 3.8) is 0 Å². The van der Waals surface area contributed by atoms with Crippen molar-refractivity contribution in [1.29, 1.82) is 0 Å². The second-order valence-electron chi connectivity index (χ2n) is 6.36. The van der Waals surface area contributed by atoms with Crippen molar-refractivity contribution in [2.24, 2.45) is 7.05 Å². The maximum atomic E-state index is 12.3. The number of para-hydroxylation sites is 1. The predicted octanol–water partition coefficient (Wildman–Crippen LogP) is 1.99. The van der Waals surface area contributed by atoms with E-state index in [9.17, 15) is 4.79 Å². The quantitative estimate of drug-likeness (QED) is 0.779. The number of morpholine rings is 1. The van der Waals surface area contributed by atoms with Crippen molar-refractivity contribution in [1.82, 2.24) is 19.7 Å². The number of hydrogen-bond acceptors (Lipinski definition) is 6. The van der Waals surface area contributed by atoms with Crippen LogP contribution in [0.5, 0.6) is 0 Å². The molecule has 1 aliphatic rings. The summed E-state index contributed by atoms with van der Waals surface area (Å²) in [5.74, 6) is 1.33. The maximum absolute atomic E-state index is 12.3. The first-order chi connectivity index (χ1) is 12.6. The summed E-state index contributed by atoms with van der Waals surface area (Å²) in [6, 6.07) is 6.23. The van der Waals surface area contributed by atoms with E-state index in [1.54, 1.807) is 0 Å². The van der Waals surface area contributed by atoms with Gasteiger partial charge in [0.25, 0.3) is 0 Å². The van der Waals surface area contributed by atoms with E-state index in [2.05, 4.69) is 47.6 Å². The van der Waals surface area contributed by atoms with Crippen LogP contribution < -0.4 is 5.32 Å². The number of nitrogens with one attached hydrogen (secondary N) is 1. The Bertz CT molecular complexity index is 751. The van der Waals surface area contributed by atoms with Gasteiger partial charge in [0.1, 0.15) is 0 Å². The van der Waals surface area contributed by atoms with Crippen LogP contribution in [-0.4, -0.2) is 57.6 Å². The highest BCUT2D eigenvalue weighted by molar-refractivity contribution is 7.99. The minimum Gasteiger partial charge on any atom is -0.378 e. The molecule has 1 amide bonds. The lowest BCUT2D eigenvalue weighted by Gasteiger charge is -2.26. The number of aryl methyl sites for hydroxylation is 2. The molecule has 0 saturated carbocycles. The van der Waals surface area contributed by atoms with Gasteiger partial charge in [0.2, 0.25) is 5.91 Å². The molecular weight excluding hydrogens is 350 g/mol. The summed E-state index contributed by atoms with van der Waals surface area (Å²) in [5.41, 5.74) is 3.54. The number of aromatic nitrogens is 3. The molecule has 2 aromatic rings. The van der Waals surface area contributed by atoms with Crippen molar-refractivity contribution >= 4 is 23.4 Å². The van der Waals surface area contributed by atoms with E-state index in [-0.39, 0.29) is 5.91 Å². The largest absolute Gasteiger partial charge is 0.378 e. The van der Waals surface area contributed by atoms with Crippen LogP contribution in [0.2, 0.25) is 0 Å². The van der Waals surface area contributed by atoms with Gasteiger partial charge < -0.3 is 19.5 Å². The average Bonchev–Trinajstić information content (AvgIpc) is 3.00. The number of rotatable bonds is 6. The van der Waals surface area contributed by atoms with Crippen LogP contribution in [0.25, 0.3) is 0 Å². The zero-order valence-corrected chi connectivity index (χ0v) is 16.3. The first-order valence-electron chi connectivity index (χ1n) is 8.73. The van der Waals surface area contributed by atoms with E-state index >= 15 is 0 Å². The Morgan fingerprint density at radius 3 is 2.62 bits per heavy atom. The molecule has 1 aromatic carbocycles. The first kappa shape index (κ1) is 18.7. The number of amides is 1. The lowest BCUT2D eigenvalue weighted by Crippen LogP contribution is -2.41. The first-order valence-corrected chi connectivity index (χ1v) is 9.71. The van der Waals surface area contributed by atoms with Crippen molar-refractivity contribution in [3.05, 3.63) is 35.2 Å². The van der Waals surface area contributed by atoms with Gasteiger partial charge in [-0.25, -0.2) is 0 Å². The van der Waals surface area contributed by atoms with Gasteiger partial charge in [0, 0.05) is 25.8 Å². The molecule has 0 spiro atoms.